The van der Waals surface area contributed by atoms with Gasteiger partial charge in [0.1, 0.15) is 11.8 Å². The van der Waals surface area contributed by atoms with Gasteiger partial charge in [0.05, 0.1) is 12.8 Å². The van der Waals surface area contributed by atoms with Crippen LogP contribution in [-0.2, 0) is 11.3 Å². The molecule has 0 saturated carbocycles. The van der Waals surface area contributed by atoms with Crippen LogP contribution in [0, 0.1) is 0 Å². The molecule has 106 valence electrons. The first kappa shape index (κ1) is 14.1. The SMILES string of the molecule is CNCC1C(=O)N(C)CC(C)(C)N1Cc1ccco1. The molecule has 2 rings (SSSR count). The van der Waals surface area contributed by atoms with E-state index in [0.717, 1.165) is 12.3 Å². The van der Waals surface area contributed by atoms with Gasteiger partial charge in [-0.15, -0.1) is 0 Å². The number of nitrogens with one attached hydrogen (secondary N) is 1. The average Bonchev–Trinajstić information content (AvgIpc) is 2.83. The second-order valence-electron chi connectivity index (χ2n) is 5.79. The van der Waals surface area contributed by atoms with Crippen molar-refractivity contribution in [2.45, 2.75) is 32.0 Å². The summed E-state index contributed by atoms with van der Waals surface area (Å²) >= 11 is 0. The van der Waals surface area contributed by atoms with Crippen molar-refractivity contribution in [3.8, 4) is 0 Å². The van der Waals surface area contributed by atoms with Gasteiger partial charge in [-0.25, -0.2) is 0 Å². The molecule has 1 amide bonds. The van der Waals surface area contributed by atoms with Crippen LogP contribution in [0.15, 0.2) is 22.8 Å². The van der Waals surface area contributed by atoms with Crippen LogP contribution in [0.2, 0.25) is 0 Å². The van der Waals surface area contributed by atoms with E-state index in [2.05, 4.69) is 24.1 Å². The van der Waals surface area contributed by atoms with Crippen molar-refractivity contribution in [1.82, 2.24) is 15.1 Å². The van der Waals surface area contributed by atoms with E-state index < -0.39 is 0 Å². The Balaban J connectivity index is 2.25. The standard InChI is InChI=1S/C14H23N3O2/c1-14(2)10-16(4)13(18)12(8-15-3)17(14)9-11-6-5-7-19-11/h5-7,12,15H,8-10H2,1-4H3. The number of amides is 1. The van der Waals surface area contributed by atoms with Gasteiger partial charge >= 0.3 is 0 Å². The summed E-state index contributed by atoms with van der Waals surface area (Å²) in [6.45, 7) is 6.37. The highest BCUT2D eigenvalue weighted by molar-refractivity contribution is 5.83. The van der Waals surface area contributed by atoms with Crippen LogP contribution in [0.5, 0.6) is 0 Å². The maximum Gasteiger partial charge on any atom is 0.241 e. The molecule has 0 aliphatic carbocycles. The number of piperazine rings is 1. The van der Waals surface area contributed by atoms with Crippen molar-refractivity contribution in [2.75, 3.05) is 27.2 Å². The number of nitrogens with zero attached hydrogens (tertiary/aromatic N) is 2. The topological polar surface area (TPSA) is 48.7 Å². The highest BCUT2D eigenvalue weighted by Crippen LogP contribution is 2.27. The number of hydrogen-bond acceptors (Lipinski definition) is 4. The minimum Gasteiger partial charge on any atom is -0.468 e. The zero-order chi connectivity index (χ0) is 14.0. The number of carbonyl (C=O) groups is 1. The summed E-state index contributed by atoms with van der Waals surface area (Å²) in [5.74, 6) is 1.06. The fourth-order valence-corrected chi connectivity index (χ4v) is 2.84. The van der Waals surface area contributed by atoms with E-state index >= 15 is 0 Å². The summed E-state index contributed by atoms with van der Waals surface area (Å²) in [6, 6.07) is 3.69. The van der Waals surface area contributed by atoms with E-state index in [1.54, 1.807) is 6.26 Å². The second kappa shape index (κ2) is 5.35. The van der Waals surface area contributed by atoms with E-state index in [1.165, 1.54) is 0 Å². The van der Waals surface area contributed by atoms with Gasteiger partial charge in [-0.05, 0) is 33.0 Å². The molecule has 5 nitrogen and oxygen atoms in total. The van der Waals surface area contributed by atoms with Crippen molar-refractivity contribution in [3.63, 3.8) is 0 Å². The van der Waals surface area contributed by atoms with Gasteiger partial charge in [-0.3, -0.25) is 9.69 Å². The van der Waals surface area contributed by atoms with Crippen LogP contribution in [0.4, 0.5) is 0 Å². The van der Waals surface area contributed by atoms with Crippen LogP contribution in [0.3, 0.4) is 0 Å². The predicted molar refractivity (Wildman–Crippen MR) is 73.7 cm³/mol. The molecule has 2 heterocycles. The summed E-state index contributed by atoms with van der Waals surface area (Å²) < 4.78 is 5.43. The van der Waals surface area contributed by atoms with Crippen molar-refractivity contribution < 1.29 is 9.21 Å². The third-order valence-corrected chi connectivity index (χ3v) is 3.74. The molecule has 1 saturated heterocycles. The lowest BCUT2D eigenvalue weighted by Gasteiger charge is -2.49. The smallest absolute Gasteiger partial charge is 0.241 e. The molecule has 1 aliphatic rings. The number of carbonyl (C=O) groups excluding carboxylic acids is 1. The van der Waals surface area contributed by atoms with Gasteiger partial charge in [0.15, 0.2) is 0 Å². The molecule has 0 spiro atoms. The molecule has 0 aromatic carbocycles. The largest absolute Gasteiger partial charge is 0.468 e. The normalized spacial score (nSPS) is 23.9. The molecule has 1 aromatic rings. The quantitative estimate of drug-likeness (QED) is 0.879. The zero-order valence-corrected chi connectivity index (χ0v) is 12.1. The summed E-state index contributed by atoms with van der Waals surface area (Å²) in [5, 5.41) is 3.12. The Labute approximate surface area is 114 Å². The molecular weight excluding hydrogens is 242 g/mol. The highest BCUT2D eigenvalue weighted by atomic mass is 16.3. The van der Waals surface area contributed by atoms with Crippen LogP contribution in [0.1, 0.15) is 19.6 Å². The van der Waals surface area contributed by atoms with Crippen molar-refractivity contribution in [3.05, 3.63) is 24.2 Å². The maximum atomic E-state index is 12.4. The molecule has 1 aliphatic heterocycles. The first-order valence-corrected chi connectivity index (χ1v) is 6.64. The van der Waals surface area contributed by atoms with E-state index in [1.807, 2.05) is 31.1 Å². The van der Waals surface area contributed by atoms with Gasteiger partial charge in [-0.1, -0.05) is 0 Å². The van der Waals surface area contributed by atoms with E-state index in [4.69, 9.17) is 4.42 Å². The molecule has 5 heteroatoms. The Hall–Kier alpha value is -1.33. The third-order valence-electron chi connectivity index (χ3n) is 3.74. The van der Waals surface area contributed by atoms with Crippen LogP contribution in [-0.4, -0.2) is 54.5 Å². The molecule has 1 N–H and O–H groups in total. The molecular formula is C14H23N3O2. The lowest BCUT2D eigenvalue weighted by atomic mass is 9.94. The van der Waals surface area contributed by atoms with Crippen LogP contribution < -0.4 is 5.32 Å². The predicted octanol–water partition coefficient (Wildman–Crippen LogP) is 0.920. The molecule has 1 unspecified atom stereocenters. The lowest BCUT2D eigenvalue weighted by Crippen LogP contribution is -2.67. The number of furan rings is 1. The average molecular weight is 265 g/mol. The Bertz CT molecular complexity index is 428. The highest BCUT2D eigenvalue weighted by Gasteiger charge is 2.43. The van der Waals surface area contributed by atoms with Crippen molar-refractivity contribution >= 4 is 5.91 Å². The Morgan fingerprint density at radius 1 is 1.53 bits per heavy atom. The van der Waals surface area contributed by atoms with E-state index in [9.17, 15) is 4.79 Å². The first-order chi connectivity index (χ1) is 8.95. The summed E-state index contributed by atoms with van der Waals surface area (Å²) in [6.07, 6.45) is 1.67. The van der Waals surface area contributed by atoms with Gasteiger partial charge in [0.2, 0.25) is 5.91 Å². The zero-order valence-electron chi connectivity index (χ0n) is 12.1. The maximum absolute atomic E-state index is 12.4. The number of rotatable bonds is 4. The monoisotopic (exact) mass is 265 g/mol. The minimum absolute atomic E-state index is 0.0725. The van der Waals surface area contributed by atoms with Crippen molar-refractivity contribution in [2.24, 2.45) is 0 Å². The summed E-state index contributed by atoms with van der Waals surface area (Å²) in [5.41, 5.74) is -0.0725. The minimum atomic E-state index is -0.149. The van der Waals surface area contributed by atoms with E-state index in [-0.39, 0.29) is 17.5 Å². The molecule has 1 fully saturated rings. The van der Waals surface area contributed by atoms with E-state index in [0.29, 0.717) is 13.1 Å². The van der Waals surface area contributed by atoms with Crippen LogP contribution >= 0.6 is 0 Å². The van der Waals surface area contributed by atoms with Crippen LogP contribution in [0.25, 0.3) is 0 Å². The summed E-state index contributed by atoms with van der Waals surface area (Å²) in [4.78, 5) is 16.4. The number of likely N-dealkylation sites (N-methyl/N-ethyl adjacent to an activating group) is 2. The molecule has 1 atom stereocenters. The van der Waals surface area contributed by atoms with Gasteiger partial charge in [0.25, 0.3) is 0 Å². The molecule has 0 bridgehead atoms. The second-order valence-corrected chi connectivity index (χ2v) is 5.79. The number of hydrogen-bond donors (Lipinski definition) is 1. The summed E-state index contributed by atoms with van der Waals surface area (Å²) in [7, 11) is 3.75. The van der Waals surface area contributed by atoms with Crippen molar-refractivity contribution in [1.29, 1.82) is 0 Å². The van der Waals surface area contributed by atoms with Gasteiger partial charge in [-0.2, -0.15) is 0 Å². The Kier molecular flexibility index (Phi) is 3.96. The van der Waals surface area contributed by atoms with Gasteiger partial charge in [0, 0.05) is 25.7 Å². The fourth-order valence-electron chi connectivity index (χ4n) is 2.84. The molecule has 0 radical (unpaired) electrons. The lowest BCUT2D eigenvalue weighted by molar-refractivity contribution is -0.148. The van der Waals surface area contributed by atoms with Gasteiger partial charge < -0.3 is 14.6 Å². The molecule has 1 aromatic heterocycles. The Morgan fingerprint density at radius 2 is 2.26 bits per heavy atom. The Morgan fingerprint density at radius 3 is 2.84 bits per heavy atom. The fraction of sp³-hybridized carbons (Fsp3) is 0.643. The molecule has 19 heavy (non-hydrogen) atoms. The first-order valence-electron chi connectivity index (χ1n) is 6.64. The third kappa shape index (κ3) is 2.82.